The Bertz CT molecular complexity index is 912. The predicted molar refractivity (Wildman–Crippen MR) is 109 cm³/mol. The molecule has 0 aliphatic carbocycles. The summed E-state index contributed by atoms with van der Waals surface area (Å²) < 4.78 is 7.17. The molecule has 1 N–H and O–H groups in total. The number of rotatable bonds is 7. The van der Waals surface area contributed by atoms with Crippen LogP contribution in [0.15, 0.2) is 41.9 Å². The summed E-state index contributed by atoms with van der Waals surface area (Å²) in [6.07, 6.45) is 3.59. The molecule has 0 radical (unpaired) electrons. The van der Waals surface area contributed by atoms with Crippen LogP contribution in [-0.2, 0) is 6.42 Å². The summed E-state index contributed by atoms with van der Waals surface area (Å²) in [6, 6.07) is 10.0. The zero-order chi connectivity index (χ0) is 19.4. The molecule has 3 rings (SSSR count). The van der Waals surface area contributed by atoms with Crippen molar-refractivity contribution in [2.75, 3.05) is 7.11 Å². The Morgan fingerprint density at radius 1 is 1.30 bits per heavy atom. The van der Waals surface area contributed by atoms with E-state index in [4.69, 9.17) is 9.72 Å². The number of amides is 1. The summed E-state index contributed by atoms with van der Waals surface area (Å²) >= 11 is 1.63. The summed E-state index contributed by atoms with van der Waals surface area (Å²) in [6.45, 7) is 6.02. The molecule has 0 fully saturated rings. The molecular weight excluding hydrogens is 358 g/mol. The van der Waals surface area contributed by atoms with Crippen molar-refractivity contribution in [1.82, 2.24) is 14.9 Å². The van der Waals surface area contributed by atoms with Gasteiger partial charge in [0.15, 0.2) is 0 Å². The van der Waals surface area contributed by atoms with Gasteiger partial charge < -0.3 is 14.6 Å². The van der Waals surface area contributed by atoms with Crippen LogP contribution in [0, 0.1) is 6.92 Å². The topological polar surface area (TPSA) is 56.2 Å². The lowest BCUT2D eigenvalue weighted by molar-refractivity contribution is 0.0938. The van der Waals surface area contributed by atoms with E-state index in [1.807, 2.05) is 48.2 Å². The van der Waals surface area contributed by atoms with Crippen molar-refractivity contribution in [2.24, 2.45) is 0 Å². The van der Waals surface area contributed by atoms with Gasteiger partial charge in [-0.3, -0.25) is 4.79 Å². The molecule has 142 valence electrons. The molecule has 5 nitrogen and oxygen atoms in total. The van der Waals surface area contributed by atoms with E-state index in [0.717, 1.165) is 35.1 Å². The van der Waals surface area contributed by atoms with Gasteiger partial charge in [-0.2, -0.15) is 0 Å². The van der Waals surface area contributed by atoms with Gasteiger partial charge in [0.2, 0.25) is 0 Å². The van der Waals surface area contributed by atoms with E-state index in [2.05, 4.69) is 24.4 Å². The first-order chi connectivity index (χ1) is 13.0. The van der Waals surface area contributed by atoms with E-state index in [0.29, 0.717) is 5.56 Å². The average Bonchev–Trinajstić information content (AvgIpc) is 3.28. The highest BCUT2D eigenvalue weighted by Crippen LogP contribution is 2.22. The maximum Gasteiger partial charge on any atom is 0.253 e. The minimum absolute atomic E-state index is 0.0331. The van der Waals surface area contributed by atoms with Crippen molar-refractivity contribution in [1.29, 1.82) is 0 Å². The smallest absolute Gasteiger partial charge is 0.253 e. The summed E-state index contributed by atoms with van der Waals surface area (Å²) in [5.41, 5.74) is 2.78. The third kappa shape index (κ3) is 4.39. The highest BCUT2D eigenvalue weighted by atomic mass is 32.1. The van der Waals surface area contributed by atoms with Crippen LogP contribution in [0.1, 0.15) is 46.9 Å². The molecule has 1 amide bonds. The van der Waals surface area contributed by atoms with Crippen LogP contribution < -0.4 is 10.1 Å². The molecule has 3 aromatic rings. The van der Waals surface area contributed by atoms with Crippen molar-refractivity contribution in [3.63, 3.8) is 0 Å². The molecule has 1 atom stereocenters. The van der Waals surface area contributed by atoms with Crippen molar-refractivity contribution in [3.8, 4) is 11.6 Å². The maximum atomic E-state index is 12.4. The SMILES string of the molecule is CCC(C)NC(=O)c1ccn(-c2csc(Cc3ccc(OC)cc3)n2)c1C. The van der Waals surface area contributed by atoms with Gasteiger partial charge in [0, 0.05) is 29.7 Å². The summed E-state index contributed by atoms with van der Waals surface area (Å²) in [4.78, 5) is 17.2. The highest BCUT2D eigenvalue weighted by Gasteiger charge is 2.16. The number of benzene rings is 1. The number of thiazole rings is 1. The molecule has 27 heavy (non-hydrogen) atoms. The van der Waals surface area contributed by atoms with Gasteiger partial charge in [-0.1, -0.05) is 19.1 Å². The fourth-order valence-electron chi connectivity index (χ4n) is 2.81. The molecule has 0 bridgehead atoms. The Labute approximate surface area is 164 Å². The number of aromatic nitrogens is 2. The molecule has 1 unspecified atom stereocenters. The molecule has 1 aromatic carbocycles. The van der Waals surface area contributed by atoms with E-state index in [1.54, 1.807) is 18.4 Å². The summed E-state index contributed by atoms with van der Waals surface area (Å²) in [5, 5.41) is 6.08. The van der Waals surface area contributed by atoms with Crippen LogP contribution in [0.5, 0.6) is 5.75 Å². The predicted octanol–water partition coefficient (Wildman–Crippen LogP) is 4.37. The summed E-state index contributed by atoms with van der Waals surface area (Å²) in [5.74, 6) is 1.67. The van der Waals surface area contributed by atoms with Crippen molar-refractivity contribution >= 4 is 17.2 Å². The zero-order valence-corrected chi connectivity index (χ0v) is 17.0. The Morgan fingerprint density at radius 3 is 2.70 bits per heavy atom. The first kappa shape index (κ1) is 19.2. The minimum atomic E-state index is -0.0331. The van der Waals surface area contributed by atoms with Crippen LogP contribution in [0.2, 0.25) is 0 Å². The van der Waals surface area contributed by atoms with Gasteiger partial charge in [-0.15, -0.1) is 11.3 Å². The number of hydrogen-bond acceptors (Lipinski definition) is 4. The molecule has 0 spiro atoms. The van der Waals surface area contributed by atoms with E-state index in [-0.39, 0.29) is 11.9 Å². The highest BCUT2D eigenvalue weighted by molar-refractivity contribution is 7.09. The number of nitrogens with one attached hydrogen (secondary N) is 1. The van der Waals surface area contributed by atoms with Crippen LogP contribution in [0.4, 0.5) is 0 Å². The quantitative estimate of drug-likeness (QED) is 0.659. The Balaban J connectivity index is 1.75. The second-order valence-corrected chi connectivity index (χ2v) is 7.53. The number of carbonyl (C=O) groups is 1. The second-order valence-electron chi connectivity index (χ2n) is 6.59. The fraction of sp³-hybridized carbons (Fsp3) is 0.333. The lowest BCUT2D eigenvalue weighted by atomic mass is 10.1. The Hall–Kier alpha value is -2.60. The Kier molecular flexibility index (Phi) is 5.96. The molecule has 2 heterocycles. The van der Waals surface area contributed by atoms with Crippen LogP contribution in [0.3, 0.4) is 0 Å². The first-order valence-corrected chi connectivity index (χ1v) is 9.96. The van der Waals surface area contributed by atoms with E-state index >= 15 is 0 Å². The first-order valence-electron chi connectivity index (χ1n) is 9.08. The third-order valence-corrected chi connectivity index (χ3v) is 5.51. The maximum absolute atomic E-state index is 12.4. The molecule has 2 aromatic heterocycles. The normalized spacial score (nSPS) is 12.0. The second kappa shape index (κ2) is 8.39. The lowest BCUT2D eigenvalue weighted by Crippen LogP contribution is -2.32. The minimum Gasteiger partial charge on any atom is -0.497 e. The van der Waals surface area contributed by atoms with Gasteiger partial charge in [0.25, 0.3) is 5.91 Å². The van der Waals surface area contributed by atoms with Gasteiger partial charge >= 0.3 is 0 Å². The van der Waals surface area contributed by atoms with E-state index in [1.165, 1.54) is 5.56 Å². The van der Waals surface area contributed by atoms with E-state index in [9.17, 15) is 4.79 Å². The number of carbonyl (C=O) groups excluding carboxylic acids is 1. The molecule has 0 saturated heterocycles. The average molecular weight is 384 g/mol. The third-order valence-electron chi connectivity index (χ3n) is 4.68. The Morgan fingerprint density at radius 2 is 2.04 bits per heavy atom. The molecule has 0 aliphatic rings. The van der Waals surface area contributed by atoms with Gasteiger partial charge in [0.05, 0.1) is 17.7 Å². The number of hydrogen-bond donors (Lipinski definition) is 1. The number of methoxy groups -OCH3 is 1. The molecule has 6 heteroatoms. The fourth-order valence-corrected chi connectivity index (χ4v) is 3.62. The molecule has 0 aliphatic heterocycles. The van der Waals surface area contributed by atoms with Crippen LogP contribution in [-0.4, -0.2) is 28.6 Å². The van der Waals surface area contributed by atoms with Gasteiger partial charge in [0.1, 0.15) is 11.6 Å². The van der Waals surface area contributed by atoms with Crippen molar-refractivity contribution in [3.05, 3.63) is 63.7 Å². The monoisotopic (exact) mass is 383 g/mol. The van der Waals surface area contributed by atoms with Gasteiger partial charge in [-0.25, -0.2) is 4.98 Å². The zero-order valence-electron chi connectivity index (χ0n) is 16.2. The van der Waals surface area contributed by atoms with Gasteiger partial charge in [-0.05, 0) is 44.0 Å². The number of nitrogens with zero attached hydrogens (tertiary/aromatic N) is 2. The largest absolute Gasteiger partial charge is 0.497 e. The van der Waals surface area contributed by atoms with Crippen LogP contribution in [0.25, 0.3) is 5.82 Å². The molecule has 0 saturated carbocycles. The van der Waals surface area contributed by atoms with Crippen LogP contribution >= 0.6 is 11.3 Å². The molecular formula is C21H25N3O2S. The van der Waals surface area contributed by atoms with Crippen molar-refractivity contribution in [2.45, 2.75) is 39.7 Å². The standard InChI is InChI=1S/C21H25N3O2S/c1-5-14(2)22-21(25)18-10-11-24(15(18)3)19-13-27-20(23-19)12-16-6-8-17(26-4)9-7-16/h6-11,13-14H,5,12H2,1-4H3,(H,22,25). The van der Waals surface area contributed by atoms with E-state index < -0.39 is 0 Å². The van der Waals surface area contributed by atoms with Crippen molar-refractivity contribution < 1.29 is 9.53 Å². The lowest BCUT2D eigenvalue weighted by Gasteiger charge is -2.11. The summed E-state index contributed by atoms with van der Waals surface area (Å²) in [7, 11) is 1.67. The number of ether oxygens (including phenoxy) is 1.